The van der Waals surface area contributed by atoms with Crippen molar-refractivity contribution in [3.8, 4) is 0 Å². The Morgan fingerprint density at radius 2 is 2.24 bits per heavy atom. The zero-order valence-electron chi connectivity index (χ0n) is 11.1. The summed E-state index contributed by atoms with van der Waals surface area (Å²) in [5.41, 5.74) is 1.15. The van der Waals surface area contributed by atoms with E-state index in [1.807, 2.05) is 6.08 Å². The molecule has 0 fully saturated rings. The molecule has 1 aromatic heterocycles. The van der Waals surface area contributed by atoms with E-state index >= 15 is 0 Å². The zero-order valence-corrected chi connectivity index (χ0v) is 11.9. The van der Waals surface area contributed by atoms with Crippen LogP contribution in [0.4, 0.5) is 0 Å². The van der Waals surface area contributed by atoms with E-state index in [1.165, 1.54) is 16.4 Å². The van der Waals surface area contributed by atoms with Crippen molar-refractivity contribution >= 4 is 11.5 Å². The largest absolute Gasteiger partial charge is 0.309 e. The molecule has 1 rings (SSSR count). The van der Waals surface area contributed by atoms with Gasteiger partial charge in [0.1, 0.15) is 0 Å². The average Bonchev–Trinajstić information content (AvgIpc) is 2.78. The van der Waals surface area contributed by atoms with E-state index in [1.54, 1.807) is 0 Å². The molecule has 0 aliphatic heterocycles. The Morgan fingerprint density at radius 1 is 1.47 bits per heavy atom. The molecule has 17 heavy (non-hydrogen) atoms. The predicted molar refractivity (Wildman–Crippen MR) is 74.5 cm³/mol. The van der Waals surface area contributed by atoms with E-state index in [9.17, 15) is 0 Å². The molecular weight excluding hydrogens is 230 g/mol. The van der Waals surface area contributed by atoms with Crippen LogP contribution >= 0.6 is 11.5 Å². The van der Waals surface area contributed by atoms with Gasteiger partial charge in [0.05, 0.1) is 10.6 Å². The molecule has 3 nitrogen and oxygen atoms in total. The van der Waals surface area contributed by atoms with Crippen molar-refractivity contribution in [2.24, 2.45) is 0 Å². The molecule has 1 heterocycles. The fraction of sp³-hybridized carbons (Fsp3) is 0.692. The molecule has 0 bridgehead atoms. The topological polar surface area (TPSA) is 37.8 Å². The number of hydrogen-bond donors (Lipinski definition) is 1. The second-order valence-electron chi connectivity index (χ2n) is 4.55. The summed E-state index contributed by atoms with van der Waals surface area (Å²) in [4.78, 5) is 1.30. The van der Waals surface area contributed by atoms with Crippen LogP contribution in [-0.4, -0.2) is 16.1 Å². The Bertz CT molecular complexity index is 333. The Kier molecular flexibility index (Phi) is 6.37. The third-order valence-corrected chi connectivity index (χ3v) is 3.56. The fourth-order valence-electron chi connectivity index (χ4n) is 1.78. The highest BCUT2D eigenvalue weighted by molar-refractivity contribution is 7.05. The van der Waals surface area contributed by atoms with Crippen molar-refractivity contribution < 1.29 is 0 Å². The lowest BCUT2D eigenvalue weighted by molar-refractivity contribution is 0.503. The number of aromatic nitrogens is 2. The molecule has 96 valence electrons. The quantitative estimate of drug-likeness (QED) is 0.718. The van der Waals surface area contributed by atoms with Crippen LogP contribution in [0.3, 0.4) is 0 Å². The molecule has 0 aliphatic carbocycles. The van der Waals surface area contributed by atoms with Crippen LogP contribution < -0.4 is 5.32 Å². The van der Waals surface area contributed by atoms with E-state index in [0.29, 0.717) is 12.0 Å². The number of nitrogens with one attached hydrogen (secondary N) is 1. The van der Waals surface area contributed by atoms with Crippen molar-refractivity contribution in [1.29, 1.82) is 0 Å². The van der Waals surface area contributed by atoms with Gasteiger partial charge in [-0.3, -0.25) is 0 Å². The first kappa shape index (κ1) is 14.3. The highest BCUT2D eigenvalue weighted by atomic mass is 32.1. The summed E-state index contributed by atoms with van der Waals surface area (Å²) in [6, 6.07) is 0.380. The van der Waals surface area contributed by atoms with Gasteiger partial charge in [0.15, 0.2) is 0 Å². The van der Waals surface area contributed by atoms with E-state index < -0.39 is 0 Å². The smallest absolute Gasteiger partial charge is 0.0829 e. The minimum Gasteiger partial charge on any atom is -0.309 e. The standard InChI is InChI=1S/C13H23N3S/c1-5-7-8-11(14-9-6-2)13-12(10(3)4)15-16-17-13/h5,10-11,14H,1,6-9H2,2-4H3. The Balaban J connectivity index is 2.78. The summed E-state index contributed by atoms with van der Waals surface area (Å²) in [5, 5.41) is 7.84. The van der Waals surface area contributed by atoms with E-state index in [0.717, 1.165) is 31.5 Å². The van der Waals surface area contributed by atoms with Crippen molar-refractivity contribution in [3.05, 3.63) is 23.2 Å². The van der Waals surface area contributed by atoms with Crippen LogP contribution in [0.15, 0.2) is 12.7 Å². The minimum atomic E-state index is 0.380. The summed E-state index contributed by atoms with van der Waals surface area (Å²) >= 11 is 1.53. The molecular formula is C13H23N3S. The van der Waals surface area contributed by atoms with Gasteiger partial charge in [-0.25, -0.2) is 0 Å². The van der Waals surface area contributed by atoms with Gasteiger partial charge in [-0.2, -0.15) is 0 Å². The lowest BCUT2D eigenvalue weighted by atomic mass is 10.0. The predicted octanol–water partition coefficient (Wildman–Crippen LogP) is 3.67. The number of rotatable bonds is 8. The molecule has 4 heteroatoms. The highest BCUT2D eigenvalue weighted by Gasteiger charge is 2.19. The maximum absolute atomic E-state index is 4.26. The molecule has 1 N–H and O–H groups in total. The van der Waals surface area contributed by atoms with Crippen molar-refractivity contribution in [2.45, 2.75) is 52.0 Å². The van der Waals surface area contributed by atoms with Crippen LogP contribution in [0.1, 0.15) is 62.6 Å². The molecule has 0 spiro atoms. The molecule has 1 aromatic rings. The molecule has 0 saturated heterocycles. The van der Waals surface area contributed by atoms with Gasteiger partial charge in [0.2, 0.25) is 0 Å². The summed E-state index contributed by atoms with van der Waals surface area (Å²) in [6.45, 7) is 11.4. The molecule has 0 aliphatic rings. The third-order valence-electron chi connectivity index (χ3n) is 2.70. The SMILES string of the molecule is C=CCCC(NCCC)c1snnc1C(C)C. The van der Waals surface area contributed by atoms with Gasteiger partial charge < -0.3 is 5.32 Å². The summed E-state index contributed by atoms with van der Waals surface area (Å²) in [5.74, 6) is 0.443. The van der Waals surface area contributed by atoms with Crippen LogP contribution in [0, 0.1) is 0 Å². The third kappa shape index (κ3) is 4.21. The monoisotopic (exact) mass is 253 g/mol. The summed E-state index contributed by atoms with van der Waals surface area (Å²) in [6.07, 6.45) is 5.22. The van der Waals surface area contributed by atoms with Gasteiger partial charge in [0, 0.05) is 6.04 Å². The van der Waals surface area contributed by atoms with Crippen molar-refractivity contribution in [2.75, 3.05) is 6.54 Å². The molecule has 0 aromatic carbocycles. The van der Waals surface area contributed by atoms with Gasteiger partial charge in [-0.05, 0) is 43.3 Å². The fourth-order valence-corrected chi connectivity index (χ4v) is 2.69. The normalized spacial score (nSPS) is 12.9. The molecule has 0 amide bonds. The van der Waals surface area contributed by atoms with Crippen LogP contribution in [0.25, 0.3) is 0 Å². The molecule has 0 saturated carbocycles. The van der Waals surface area contributed by atoms with Gasteiger partial charge in [-0.1, -0.05) is 31.3 Å². The minimum absolute atomic E-state index is 0.380. The van der Waals surface area contributed by atoms with Gasteiger partial charge in [-0.15, -0.1) is 11.7 Å². The summed E-state index contributed by atoms with van der Waals surface area (Å²) < 4.78 is 4.11. The number of hydrogen-bond acceptors (Lipinski definition) is 4. The number of allylic oxidation sites excluding steroid dienone is 1. The second kappa shape index (κ2) is 7.56. The lowest BCUT2D eigenvalue weighted by Crippen LogP contribution is -2.22. The maximum Gasteiger partial charge on any atom is 0.0829 e. The highest BCUT2D eigenvalue weighted by Crippen LogP contribution is 2.29. The number of nitrogens with zero attached hydrogens (tertiary/aromatic N) is 2. The molecule has 1 unspecified atom stereocenters. The lowest BCUT2D eigenvalue weighted by Gasteiger charge is -2.17. The average molecular weight is 253 g/mol. The first-order valence-electron chi connectivity index (χ1n) is 6.37. The van der Waals surface area contributed by atoms with E-state index in [2.05, 4.69) is 42.3 Å². The van der Waals surface area contributed by atoms with Crippen LogP contribution in [-0.2, 0) is 0 Å². The van der Waals surface area contributed by atoms with E-state index in [4.69, 9.17) is 0 Å². The molecule has 1 atom stereocenters. The first-order chi connectivity index (χ1) is 8.20. The van der Waals surface area contributed by atoms with Crippen molar-refractivity contribution in [3.63, 3.8) is 0 Å². The Hall–Kier alpha value is -0.740. The second-order valence-corrected chi connectivity index (χ2v) is 5.34. The van der Waals surface area contributed by atoms with Crippen molar-refractivity contribution in [1.82, 2.24) is 14.9 Å². The van der Waals surface area contributed by atoms with Crippen LogP contribution in [0.2, 0.25) is 0 Å². The summed E-state index contributed by atoms with van der Waals surface area (Å²) in [7, 11) is 0. The van der Waals surface area contributed by atoms with Gasteiger partial charge >= 0.3 is 0 Å². The maximum atomic E-state index is 4.26. The first-order valence-corrected chi connectivity index (χ1v) is 7.14. The Morgan fingerprint density at radius 3 is 2.82 bits per heavy atom. The van der Waals surface area contributed by atoms with E-state index in [-0.39, 0.29) is 0 Å². The molecule has 0 radical (unpaired) electrons. The Labute approximate surface area is 108 Å². The van der Waals surface area contributed by atoms with Crippen LogP contribution in [0.5, 0.6) is 0 Å². The zero-order chi connectivity index (χ0) is 12.7. The van der Waals surface area contributed by atoms with Gasteiger partial charge in [0.25, 0.3) is 0 Å².